The Morgan fingerprint density at radius 2 is 1.71 bits per heavy atom. The molecule has 0 aliphatic carbocycles. The number of tetrazole rings is 1. The van der Waals surface area contributed by atoms with Gasteiger partial charge < -0.3 is 4.90 Å². The quantitative estimate of drug-likeness (QED) is 0.679. The van der Waals surface area contributed by atoms with Gasteiger partial charge in [-0.1, -0.05) is 30.3 Å². The van der Waals surface area contributed by atoms with Gasteiger partial charge in [-0.25, -0.2) is 0 Å². The highest BCUT2D eigenvalue weighted by Crippen LogP contribution is 2.14. The van der Waals surface area contributed by atoms with Gasteiger partial charge in [0, 0.05) is 25.9 Å². The molecule has 0 saturated heterocycles. The minimum absolute atomic E-state index is 0.770. The predicted octanol–water partition coefficient (Wildman–Crippen LogP) is 2.81. The van der Waals surface area contributed by atoms with Gasteiger partial charge in [0.25, 0.3) is 5.82 Å². The van der Waals surface area contributed by atoms with E-state index in [2.05, 4.69) is 58.7 Å². The standard InChI is InChI=1S/C19H22N5/c1-4-23-19(24(21-20-23)18-8-6-5-7-9-18)15-12-16-10-13-17(14-11-16)22(2)3/h5-15H,4H2,1-3H3/q+1. The maximum Gasteiger partial charge on any atom is 0.287 e. The van der Waals surface area contributed by atoms with E-state index in [-0.39, 0.29) is 0 Å². The Balaban J connectivity index is 1.93. The van der Waals surface area contributed by atoms with Crippen LogP contribution in [0.3, 0.4) is 0 Å². The summed E-state index contributed by atoms with van der Waals surface area (Å²) >= 11 is 0. The van der Waals surface area contributed by atoms with Gasteiger partial charge in [-0.2, -0.15) is 0 Å². The van der Waals surface area contributed by atoms with Crippen LogP contribution in [0.5, 0.6) is 0 Å². The number of para-hydroxylation sites is 1. The summed E-state index contributed by atoms with van der Waals surface area (Å²) in [7, 11) is 4.08. The Morgan fingerprint density at radius 3 is 2.33 bits per heavy atom. The second-order valence-electron chi connectivity index (χ2n) is 5.72. The molecule has 5 nitrogen and oxygen atoms in total. The zero-order valence-electron chi connectivity index (χ0n) is 14.3. The van der Waals surface area contributed by atoms with Gasteiger partial charge in [0.1, 0.15) is 10.9 Å². The van der Waals surface area contributed by atoms with Crippen LogP contribution in [-0.4, -0.2) is 29.2 Å². The molecule has 0 bridgehead atoms. The van der Waals surface area contributed by atoms with E-state index >= 15 is 0 Å². The molecule has 0 radical (unpaired) electrons. The molecule has 0 aliphatic heterocycles. The van der Waals surface area contributed by atoms with Crippen LogP contribution in [0.4, 0.5) is 5.69 Å². The van der Waals surface area contributed by atoms with Gasteiger partial charge in [-0.05, 0) is 47.5 Å². The van der Waals surface area contributed by atoms with E-state index in [1.165, 1.54) is 5.69 Å². The van der Waals surface area contributed by atoms with Crippen LogP contribution in [-0.2, 0) is 6.54 Å². The summed E-state index contributed by atoms with van der Waals surface area (Å²) in [5, 5.41) is 8.51. The fourth-order valence-electron chi connectivity index (χ4n) is 2.48. The fraction of sp³-hybridized carbons (Fsp3) is 0.211. The van der Waals surface area contributed by atoms with Crippen molar-refractivity contribution in [2.24, 2.45) is 0 Å². The summed E-state index contributed by atoms with van der Waals surface area (Å²) < 4.78 is 3.74. The van der Waals surface area contributed by atoms with Gasteiger partial charge in [0.15, 0.2) is 5.21 Å². The molecule has 0 aliphatic rings. The molecule has 1 aromatic heterocycles. The van der Waals surface area contributed by atoms with E-state index in [1.54, 1.807) is 0 Å². The molecular formula is C19H22N5+. The molecule has 0 saturated carbocycles. The molecule has 0 amide bonds. The van der Waals surface area contributed by atoms with Gasteiger partial charge in [0.2, 0.25) is 0 Å². The number of rotatable bonds is 5. The van der Waals surface area contributed by atoms with Crippen LogP contribution in [0.15, 0.2) is 54.6 Å². The maximum absolute atomic E-state index is 4.28. The highest BCUT2D eigenvalue weighted by molar-refractivity contribution is 5.67. The maximum atomic E-state index is 4.28. The number of hydrogen-bond acceptors (Lipinski definition) is 3. The first-order chi connectivity index (χ1) is 11.7. The molecule has 3 aromatic rings. The van der Waals surface area contributed by atoms with Crippen LogP contribution in [0.2, 0.25) is 0 Å². The van der Waals surface area contributed by atoms with Crippen LogP contribution in [0.1, 0.15) is 18.3 Å². The Bertz CT molecular complexity index is 817. The van der Waals surface area contributed by atoms with Gasteiger partial charge in [-0.3, -0.25) is 0 Å². The third-order valence-electron chi connectivity index (χ3n) is 3.85. The minimum atomic E-state index is 0.770. The van der Waals surface area contributed by atoms with Gasteiger partial charge in [-0.15, -0.1) is 4.68 Å². The average Bonchev–Trinajstić information content (AvgIpc) is 3.04. The summed E-state index contributed by atoms with van der Waals surface area (Å²) in [6, 6.07) is 18.5. The molecule has 122 valence electrons. The summed E-state index contributed by atoms with van der Waals surface area (Å²) in [5.74, 6) is 0.945. The molecule has 0 unspecified atom stereocenters. The fourth-order valence-corrected chi connectivity index (χ4v) is 2.48. The largest absolute Gasteiger partial charge is 0.378 e. The van der Waals surface area contributed by atoms with Crippen LogP contribution in [0.25, 0.3) is 17.8 Å². The second-order valence-corrected chi connectivity index (χ2v) is 5.72. The number of hydrogen-bond donors (Lipinski definition) is 0. The lowest BCUT2D eigenvalue weighted by atomic mass is 10.2. The molecule has 3 rings (SSSR count). The number of nitrogens with zero attached hydrogens (tertiary/aromatic N) is 5. The highest BCUT2D eigenvalue weighted by Gasteiger charge is 2.18. The first-order valence-corrected chi connectivity index (χ1v) is 8.05. The van der Waals surface area contributed by atoms with Crippen molar-refractivity contribution in [3.8, 4) is 5.69 Å². The summed E-state index contributed by atoms with van der Waals surface area (Å²) in [5.41, 5.74) is 3.33. The van der Waals surface area contributed by atoms with Crippen molar-refractivity contribution in [2.75, 3.05) is 19.0 Å². The normalized spacial score (nSPS) is 11.1. The van der Waals surface area contributed by atoms with Gasteiger partial charge >= 0.3 is 0 Å². The van der Waals surface area contributed by atoms with Crippen molar-refractivity contribution in [3.05, 3.63) is 66.0 Å². The first kappa shape index (κ1) is 15.9. The first-order valence-electron chi connectivity index (χ1n) is 8.05. The third kappa shape index (κ3) is 3.35. The average molecular weight is 320 g/mol. The Hall–Kier alpha value is -2.95. The highest BCUT2D eigenvalue weighted by atomic mass is 15.6. The monoisotopic (exact) mass is 320 g/mol. The number of aryl methyl sites for hydroxylation is 1. The Labute approximate surface area is 142 Å². The van der Waals surface area contributed by atoms with E-state index in [4.69, 9.17) is 0 Å². The third-order valence-corrected chi connectivity index (χ3v) is 3.85. The topological polar surface area (TPSA) is 37.8 Å². The molecule has 0 fully saturated rings. The van der Waals surface area contributed by atoms with Crippen LogP contribution in [0, 0.1) is 0 Å². The molecule has 0 atom stereocenters. The van der Waals surface area contributed by atoms with Gasteiger partial charge in [0.05, 0.1) is 6.54 Å². The predicted molar refractivity (Wildman–Crippen MR) is 96.9 cm³/mol. The lowest BCUT2D eigenvalue weighted by molar-refractivity contribution is -0.753. The van der Waals surface area contributed by atoms with Crippen molar-refractivity contribution < 1.29 is 4.68 Å². The van der Waals surface area contributed by atoms with Crippen LogP contribution >= 0.6 is 0 Å². The zero-order chi connectivity index (χ0) is 16.9. The lowest BCUT2D eigenvalue weighted by Gasteiger charge is -2.11. The second kappa shape index (κ2) is 7.08. The van der Waals surface area contributed by atoms with Crippen molar-refractivity contribution in [1.29, 1.82) is 0 Å². The molecule has 0 N–H and O–H groups in total. The number of aromatic nitrogens is 4. The van der Waals surface area contributed by atoms with Crippen molar-refractivity contribution >= 4 is 17.8 Å². The van der Waals surface area contributed by atoms with Crippen molar-refractivity contribution in [2.45, 2.75) is 13.5 Å². The smallest absolute Gasteiger partial charge is 0.287 e. The summed E-state index contributed by atoms with van der Waals surface area (Å²) in [4.78, 5) is 2.09. The lowest BCUT2D eigenvalue weighted by Crippen LogP contribution is -2.37. The van der Waals surface area contributed by atoms with E-state index in [0.717, 1.165) is 23.6 Å². The molecule has 24 heavy (non-hydrogen) atoms. The summed E-state index contributed by atoms with van der Waals surface area (Å²) in [6.07, 6.45) is 4.14. The molecule has 1 heterocycles. The molecule has 5 heteroatoms. The Kier molecular flexibility index (Phi) is 4.70. The van der Waals surface area contributed by atoms with E-state index in [9.17, 15) is 0 Å². The van der Waals surface area contributed by atoms with E-state index in [1.807, 2.05) is 53.8 Å². The number of benzene rings is 2. The van der Waals surface area contributed by atoms with E-state index < -0.39 is 0 Å². The van der Waals surface area contributed by atoms with Crippen LogP contribution < -0.4 is 9.58 Å². The number of anilines is 1. The van der Waals surface area contributed by atoms with Crippen molar-refractivity contribution in [3.63, 3.8) is 0 Å². The SMILES string of the molecule is CC[n+]1nnn(-c2ccccc2)c1C=Cc1ccc(N(C)C)cc1. The minimum Gasteiger partial charge on any atom is -0.378 e. The molecular weight excluding hydrogens is 298 g/mol. The summed E-state index contributed by atoms with van der Waals surface area (Å²) in [6.45, 7) is 2.83. The van der Waals surface area contributed by atoms with Crippen molar-refractivity contribution in [1.82, 2.24) is 15.1 Å². The molecule has 2 aromatic carbocycles. The molecule has 0 spiro atoms. The Morgan fingerprint density at radius 1 is 1.00 bits per heavy atom. The van der Waals surface area contributed by atoms with E-state index in [0.29, 0.717) is 0 Å². The zero-order valence-corrected chi connectivity index (χ0v) is 14.3.